The predicted molar refractivity (Wildman–Crippen MR) is 355 cm³/mol. The molecule has 7 aromatic rings. The summed E-state index contributed by atoms with van der Waals surface area (Å²) in [6.45, 7) is 38.4. The highest BCUT2D eigenvalue weighted by atomic mass is 16.7. The van der Waals surface area contributed by atoms with Crippen molar-refractivity contribution in [2.45, 2.75) is 162 Å². The third-order valence-corrected chi connectivity index (χ3v) is 15.7. The Balaban J connectivity index is 1.53. The maximum Gasteiger partial charge on any atom is 0.208 e. The minimum Gasteiger partial charge on any atom is -0.490 e. The van der Waals surface area contributed by atoms with Gasteiger partial charge in [0.15, 0.2) is 57.6 Å². The van der Waals surface area contributed by atoms with Crippen LogP contribution >= 0.6 is 0 Å². The van der Waals surface area contributed by atoms with Crippen LogP contribution in [0.5, 0.6) is 40.2 Å². The zero-order chi connectivity index (χ0) is 62.8. The van der Waals surface area contributed by atoms with E-state index >= 15 is 0 Å². The van der Waals surface area contributed by atoms with Crippen LogP contribution in [0.2, 0.25) is 0 Å². The van der Waals surface area contributed by atoms with Crippen LogP contribution in [0, 0.1) is 47.3 Å². The van der Waals surface area contributed by atoms with E-state index in [1.807, 2.05) is 42.5 Å². The van der Waals surface area contributed by atoms with Gasteiger partial charge in [-0.25, -0.2) is 29.9 Å². The zero-order valence-electron chi connectivity index (χ0n) is 55.5. The van der Waals surface area contributed by atoms with Gasteiger partial charge in [0.2, 0.25) is 17.2 Å². The molecule has 3 aromatic heterocycles. The summed E-state index contributed by atoms with van der Waals surface area (Å²) >= 11 is 0. The molecule has 474 valence electrons. The lowest BCUT2D eigenvalue weighted by Gasteiger charge is -2.23. The van der Waals surface area contributed by atoms with Crippen LogP contribution in [0.1, 0.15) is 162 Å². The molecule has 0 saturated carbocycles. The second kappa shape index (κ2) is 29.8. The number of benzene rings is 4. The number of aromatic nitrogens is 8. The predicted octanol–water partition coefficient (Wildman–Crippen LogP) is 17.8. The molecule has 16 nitrogen and oxygen atoms in total. The van der Waals surface area contributed by atoms with Gasteiger partial charge >= 0.3 is 0 Å². The van der Waals surface area contributed by atoms with E-state index in [0.29, 0.717) is 208 Å². The van der Waals surface area contributed by atoms with Crippen molar-refractivity contribution in [3.05, 3.63) is 54.6 Å². The van der Waals surface area contributed by atoms with Crippen LogP contribution in [0.15, 0.2) is 54.6 Å². The lowest BCUT2D eigenvalue weighted by molar-refractivity contribution is 0.117. The van der Waals surface area contributed by atoms with Crippen molar-refractivity contribution in [1.82, 2.24) is 39.6 Å². The Morgan fingerprint density at radius 3 is 1.12 bits per heavy atom. The van der Waals surface area contributed by atoms with Gasteiger partial charge in [-0.05, 0) is 105 Å². The molecule has 88 heavy (non-hydrogen) atoms. The lowest BCUT2D eigenvalue weighted by atomic mass is 10.0. The molecule has 2 aliphatic heterocycles. The van der Waals surface area contributed by atoms with Crippen LogP contribution in [0.25, 0.3) is 89.7 Å². The number of fused-ring (bicyclic) bond motifs is 20. The first kappa shape index (κ1) is 65.1. The molecule has 0 atom stereocenters. The summed E-state index contributed by atoms with van der Waals surface area (Å²) in [5.41, 5.74) is 4.70. The van der Waals surface area contributed by atoms with E-state index in [1.165, 1.54) is 0 Å². The summed E-state index contributed by atoms with van der Waals surface area (Å²) in [4.78, 5) is 44.1. The van der Waals surface area contributed by atoms with Gasteiger partial charge in [0.25, 0.3) is 0 Å². The van der Waals surface area contributed by atoms with Gasteiger partial charge in [0, 0.05) is 27.5 Å². The number of ether oxygens (including phenoxy) is 7. The van der Waals surface area contributed by atoms with Crippen LogP contribution < -0.4 is 38.0 Å². The number of rotatable bonds is 32. The third kappa shape index (κ3) is 15.5. The fourth-order valence-corrected chi connectivity index (χ4v) is 10.2. The van der Waals surface area contributed by atoms with Crippen LogP contribution in [-0.4, -0.2) is 92.5 Å². The summed E-state index contributed by atoms with van der Waals surface area (Å²) in [5, 5.41) is 2.82. The number of hydrogen-bond donors (Lipinski definition) is 1. The van der Waals surface area contributed by atoms with E-state index in [0.717, 1.165) is 73.3 Å². The summed E-state index contributed by atoms with van der Waals surface area (Å²) in [6.07, 6.45) is 6.31. The second-order valence-electron chi connectivity index (χ2n) is 27.1. The molecule has 0 aliphatic carbocycles. The lowest BCUT2D eigenvalue weighted by Crippen LogP contribution is -2.15. The largest absolute Gasteiger partial charge is 0.490 e. The van der Waals surface area contributed by atoms with Gasteiger partial charge < -0.3 is 43.0 Å². The molecule has 0 fully saturated rings. The Kier molecular flexibility index (Phi) is 22.0. The maximum absolute atomic E-state index is 7.20. The quantitative estimate of drug-likeness (QED) is 0.0422. The van der Waals surface area contributed by atoms with Crippen LogP contribution in [0.3, 0.4) is 0 Å². The molecule has 0 amide bonds. The number of aromatic amines is 1. The van der Waals surface area contributed by atoms with Crippen molar-refractivity contribution in [2.75, 3.05) is 52.9 Å². The van der Waals surface area contributed by atoms with Gasteiger partial charge in [-0.15, -0.1) is 4.73 Å². The van der Waals surface area contributed by atoms with E-state index in [4.69, 9.17) is 67.9 Å². The molecule has 8 bridgehead atoms. The zero-order valence-corrected chi connectivity index (χ0v) is 55.5. The first-order chi connectivity index (χ1) is 42.3. The third-order valence-electron chi connectivity index (χ3n) is 15.7. The molecule has 0 unspecified atom stereocenters. The van der Waals surface area contributed by atoms with Crippen molar-refractivity contribution >= 4 is 44.1 Å². The molecule has 16 heteroatoms. The van der Waals surface area contributed by atoms with Crippen LogP contribution in [-0.2, 0) is 0 Å². The molecule has 0 radical (unpaired) electrons. The Labute approximate surface area is 522 Å². The van der Waals surface area contributed by atoms with Crippen molar-refractivity contribution in [3.8, 4) is 85.8 Å². The number of nitrogens with zero attached hydrogens (tertiary/aromatic N) is 7. The van der Waals surface area contributed by atoms with E-state index in [1.54, 1.807) is 4.73 Å². The molecular weight excluding hydrogens is 1100 g/mol. The summed E-state index contributed by atoms with van der Waals surface area (Å²) in [6, 6.07) is 18.2. The van der Waals surface area contributed by atoms with Gasteiger partial charge in [0.1, 0.15) is 17.9 Å². The summed E-state index contributed by atoms with van der Waals surface area (Å²) in [5.74, 6) is 7.80. The second-order valence-corrected chi connectivity index (χ2v) is 27.1. The van der Waals surface area contributed by atoms with E-state index in [9.17, 15) is 0 Å². The summed E-state index contributed by atoms with van der Waals surface area (Å²) in [7, 11) is 0. The minimum atomic E-state index is 0.319. The Bertz CT molecular complexity index is 3680. The summed E-state index contributed by atoms with van der Waals surface area (Å²) < 4.78 is 51.2. The van der Waals surface area contributed by atoms with Crippen molar-refractivity contribution < 1.29 is 38.0 Å². The normalized spacial score (nSPS) is 12.3. The highest BCUT2D eigenvalue weighted by Crippen LogP contribution is 2.56. The average molecular weight is 1200 g/mol. The maximum atomic E-state index is 7.20. The first-order valence-corrected chi connectivity index (χ1v) is 32.8. The van der Waals surface area contributed by atoms with Crippen molar-refractivity contribution in [1.29, 1.82) is 0 Å². The first-order valence-electron chi connectivity index (χ1n) is 32.8. The molecule has 4 aromatic carbocycles. The Morgan fingerprint density at radius 2 is 0.682 bits per heavy atom. The van der Waals surface area contributed by atoms with Gasteiger partial charge in [-0.1, -0.05) is 159 Å². The van der Waals surface area contributed by atoms with Gasteiger partial charge in [-0.3, -0.25) is 0 Å². The highest BCUT2D eigenvalue weighted by molar-refractivity contribution is 6.14. The topological polar surface area (TPSA) is 172 Å². The minimum absolute atomic E-state index is 0.319. The van der Waals surface area contributed by atoms with E-state index < -0.39 is 0 Å². The standard InChI is InChI=1S/C72H98N8O8/c1-42(2)25-33-81-55-41-54-56(60(83-35-27-44(5)6)59(55)82-34-26-43(3)4)68-75-67(54)79-72-53-24-20-19-23-52(53)71(80(72)88-40-32-49(15)16)78-66-51-22-18-17-21-50(51)65(73-66)74-69-57-58(70(76-68)77-69)62(85-37-29-46(9)10)64(87-39-31-48(13)14)63(86-38-30-47(11)12)61(57)84-36-28-45(7)8/h17-24,41-49H,25-40H2,1-16H3,(H,73,74,75,76,77,78,79). The number of hydrogen-bond acceptors (Lipinski definition) is 14. The molecule has 0 saturated heterocycles. The number of H-pyrrole nitrogens is 1. The Morgan fingerprint density at radius 1 is 0.341 bits per heavy atom. The van der Waals surface area contributed by atoms with Crippen LogP contribution in [0.4, 0.5) is 0 Å². The SMILES string of the molecule is CC(C)CCOc1cc2c(c(OCCC(C)C)c1OCCC(C)C)-c1nc-2nc2c3ccccc3c(nc3nc(nc4[nH]c(n1)c1c(OCCC(C)C)c(OCCC(C)C)c(OCCC(C)C)c(OCCC(C)C)c41)-c1ccccc1-3)n2OCCC(C)C. The highest BCUT2D eigenvalue weighted by Gasteiger charge is 2.35. The molecule has 1 N–H and O–H groups in total. The molecular formula is C72H98N8O8. The van der Waals surface area contributed by atoms with Crippen molar-refractivity contribution in [3.63, 3.8) is 0 Å². The van der Waals surface area contributed by atoms with Gasteiger partial charge in [0.05, 0.1) is 62.6 Å². The van der Waals surface area contributed by atoms with Crippen molar-refractivity contribution in [2.24, 2.45) is 47.3 Å². The van der Waals surface area contributed by atoms with Gasteiger partial charge in [-0.2, -0.15) is 0 Å². The average Bonchev–Trinajstić information content (AvgIpc) is 2.19. The fraction of sp³-hybridized carbons (Fsp3) is 0.556. The molecule has 9 rings (SSSR count). The van der Waals surface area contributed by atoms with E-state index in [2.05, 4.69) is 128 Å². The molecule has 2 aliphatic rings. The smallest absolute Gasteiger partial charge is 0.208 e. The Hall–Kier alpha value is -7.36. The number of nitrogens with one attached hydrogen (secondary N) is 1. The molecule has 0 spiro atoms. The fourth-order valence-electron chi connectivity index (χ4n) is 10.2. The monoisotopic (exact) mass is 1200 g/mol. The van der Waals surface area contributed by atoms with E-state index in [-0.39, 0.29) is 0 Å². The molecule has 5 heterocycles.